The van der Waals surface area contributed by atoms with Gasteiger partial charge in [0, 0.05) is 45.2 Å². The van der Waals surface area contributed by atoms with Crippen molar-refractivity contribution in [2.24, 2.45) is 0 Å². The van der Waals surface area contributed by atoms with E-state index in [9.17, 15) is 4.79 Å². The van der Waals surface area contributed by atoms with Crippen molar-refractivity contribution in [2.75, 3.05) is 0 Å². The van der Waals surface area contributed by atoms with Crippen molar-refractivity contribution in [2.45, 2.75) is 46.8 Å². The van der Waals surface area contributed by atoms with Crippen molar-refractivity contribution in [3.63, 3.8) is 0 Å². The third-order valence-corrected chi connectivity index (χ3v) is 3.58. The second-order valence-corrected chi connectivity index (χ2v) is 5.96. The summed E-state index contributed by atoms with van der Waals surface area (Å²) in [6.45, 7) is 8.45. The molecule has 3 nitrogen and oxygen atoms in total. The van der Waals surface area contributed by atoms with Crippen LogP contribution in [0.3, 0.4) is 0 Å². The van der Waals surface area contributed by atoms with Crippen LogP contribution < -0.4 is 9.30 Å². The molecule has 0 bridgehead atoms. The minimum Gasteiger partial charge on any atom is -0.485 e. The van der Waals surface area contributed by atoms with E-state index in [4.69, 9.17) is 4.74 Å². The van der Waals surface area contributed by atoms with Gasteiger partial charge in [0.05, 0.1) is 6.10 Å². The number of nitrogens with zero attached hydrogens (tertiary/aromatic N) is 1. The number of Topliss-reactive ketones (excluding diaryl/α,β-unsaturated/α-hetero) is 1. The molecule has 0 spiro atoms. The first-order chi connectivity index (χ1) is 10.5. The summed E-state index contributed by atoms with van der Waals surface area (Å²) in [4.78, 5) is 12.4. The fourth-order valence-corrected chi connectivity index (χ4v) is 2.52. The minimum atomic E-state index is 0. The molecule has 0 saturated carbocycles. The SMILES string of the molecule is Cc1cccc(C)c1CC(=O)C[n+]1cccc(OC(C)C)c1.[Y]. The third kappa shape index (κ3) is 6.16. The topological polar surface area (TPSA) is 30.2 Å². The van der Waals surface area contributed by atoms with Crippen molar-refractivity contribution in [3.8, 4) is 5.75 Å². The van der Waals surface area contributed by atoms with Crippen molar-refractivity contribution in [1.82, 2.24) is 0 Å². The normalized spacial score (nSPS) is 10.3. The van der Waals surface area contributed by atoms with Gasteiger partial charge in [0.15, 0.2) is 11.9 Å². The van der Waals surface area contributed by atoms with Crippen LogP contribution in [0.5, 0.6) is 5.75 Å². The maximum absolute atomic E-state index is 12.4. The number of pyridine rings is 1. The molecule has 2 aromatic rings. The van der Waals surface area contributed by atoms with E-state index in [0.29, 0.717) is 13.0 Å². The number of carbonyl (C=O) groups is 1. The molecule has 0 N–H and O–H groups in total. The molecular weight excluding hydrogens is 363 g/mol. The smallest absolute Gasteiger partial charge is 0.211 e. The summed E-state index contributed by atoms with van der Waals surface area (Å²) in [6.07, 6.45) is 4.38. The Balaban J connectivity index is 0.00000264. The Hall–Kier alpha value is -1.06. The molecule has 0 fully saturated rings. The number of ketones is 1. The van der Waals surface area contributed by atoms with Crippen molar-refractivity contribution >= 4 is 5.78 Å². The molecule has 0 aliphatic carbocycles. The van der Waals surface area contributed by atoms with Crippen LogP contribution in [0, 0.1) is 13.8 Å². The zero-order valence-electron chi connectivity index (χ0n) is 14.4. The quantitative estimate of drug-likeness (QED) is 0.713. The monoisotopic (exact) mass is 387 g/mol. The first-order valence-electron chi connectivity index (χ1n) is 7.68. The van der Waals surface area contributed by atoms with Crippen molar-refractivity contribution in [3.05, 3.63) is 59.4 Å². The first kappa shape index (κ1) is 20.0. The molecule has 0 saturated heterocycles. The number of hydrogen-bond acceptors (Lipinski definition) is 2. The Morgan fingerprint density at radius 1 is 1.13 bits per heavy atom. The Morgan fingerprint density at radius 3 is 2.39 bits per heavy atom. The molecule has 0 aliphatic rings. The van der Waals surface area contributed by atoms with Crippen LogP contribution in [-0.2, 0) is 50.5 Å². The molecule has 2 rings (SSSR count). The standard InChI is InChI=1S/C19H24NO2.Y/c1-14(2)22-18-9-6-10-20(13-18)12-17(21)11-19-15(3)7-5-8-16(19)4;/h5-10,13-14H,11-12H2,1-4H3;/q+1;. The van der Waals surface area contributed by atoms with Crippen LogP contribution in [0.15, 0.2) is 42.7 Å². The van der Waals surface area contributed by atoms with Gasteiger partial charge in [0.25, 0.3) is 0 Å². The molecule has 1 aromatic heterocycles. The van der Waals surface area contributed by atoms with E-state index < -0.39 is 0 Å². The molecule has 119 valence electrons. The number of benzene rings is 1. The number of carbonyl (C=O) groups excluding carboxylic acids is 1. The van der Waals surface area contributed by atoms with Crippen LogP contribution in [0.4, 0.5) is 0 Å². The van der Waals surface area contributed by atoms with Gasteiger partial charge in [0.2, 0.25) is 18.5 Å². The largest absolute Gasteiger partial charge is 0.485 e. The fourth-order valence-electron chi connectivity index (χ4n) is 2.52. The molecule has 1 aromatic carbocycles. The maximum atomic E-state index is 12.4. The molecule has 1 heterocycles. The minimum absolute atomic E-state index is 0. The molecule has 23 heavy (non-hydrogen) atoms. The van der Waals surface area contributed by atoms with E-state index in [1.54, 1.807) is 0 Å². The average Bonchev–Trinajstić information content (AvgIpc) is 2.42. The van der Waals surface area contributed by atoms with Crippen LogP contribution in [0.1, 0.15) is 30.5 Å². The molecular formula is C19H24NO2Y+. The Morgan fingerprint density at radius 2 is 1.78 bits per heavy atom. The maximum Gasteiger partial charge on any atom is 0.211 e. The number of aromatic nitrogens is 1. The van der Waals surface area contributed by atoms with E-state index in [0.717, 1.165) is 11.3 Å². The zero-order chi connectivity index (χ0) is 16.1. The summed E-state index contributed by atoms with van der Waals surface area (Å²) >= 11 is 0. The van der Waals surface area contributed by atoms with E-state index >= 15 is 0 Å². The van der Waals surface area contributed by atoms with Crippen LogP contribution in [-0.4, -0.2) is 11.9 Å². The first-order valence-corrected chi connectivity index (χ1v) is 7.68. The van der Waals surface area contributed by atoms with E-state index in [1.807, 2.05) is 49.0 Å². The van der Waals surface area contributed by atoms with Gasteiger partial charge < -0.3 is 4.74 Å². The van der Waals surface area contributed by atoms with E-state index in [-0.39, 0.29) is 44.6 Å². The van der Waals surface area contributed by atoms with Gasteiger partial charge in [-0.25, -0.2) is 0 Å². The van der Waals surface area contributed by atoms with E-state index in [2.05, 4.69) is 26.0 Å². The van der Waals surface area contributed by atoms with Crippen LogP contribution in [0.2, 0.25) is 0 Å². The van der Waals surface area contributed by atoms with Gasteiger partial charge in [-0.1, -0.05) is 18.2 Å². The summed E-state index contributed by atoms with van der Waals surface area (Å²) in [6, 6.07) is 9.95. The molecule has 0 amide bonds. The van der Waals surface area contributed by atoms with Crippen molar-refractivity contribution < 1.29 is 46.8 Å². The Kier molecular flexibility index (Phi) is 8.07. The number of ether oxygens (including phenoxy) is 1. The molecule has 0 aliphatic heterocycles. The second kappa shape index (κ2) is 9.29. The summed E-state index contributed by atoms with van der Waals surface area (Å²) in [7, 11) is 0. The van der Waals surface area contributed by atoms with E-state index in [1.165, 1.54) is 11.1 Å². The number of aryl methyl sites for hydroxylation is 2. The summed E-state index contributed by atoms with van der Waals surface area (Å²) in [5.41, 5.74) is 3.49. The Bertz CT molecular complexity index is 648. The summed E-state index contributed by atoms with van der Waals surface area (Å²) < 4.78 is 7.54. The summed E-state index contributed by atoms with van der Waals surface area (Å²) in [5, 5.41) is 0. The average molecular weight is 387 g/mol. The summed E-state index contributed by atoms with van der Waals surface area (Å²) in [5.74, 6) is 0.987. The van der Waals surface area contributed by atoms with Crippen LogP contribution >= 0.6 is 0 Å². The molecule has 4 heteroatoms. The number of rotatable bonds is 6. The zero-order valence-corrected chi connectivity index (χ0v) is 17.2. The molecule has 0 atom stereocenters. The fraction of sp³-hybridized carbons (Fsp3) is 0.368. The molecule has 0 unspecified atom stereocenters. The predicted octanol–water partition coefficient (Wildman–Crippen LogP) is 3.19. The van der Waals surface area contributed by atoms with Crippen molar-refractivity contribution in [1.29, 1.82) is 0 Å². The number of hydrogen-bond donors (Lipinski definition) is 0. The van der Waals surface area contributed by atoms with Crippen LogP contribution in [0.25, 0.3) is 0 Å². The predicted molar refractivity (Wildman–Crippen MR) is 87.0 cm³/mol. The van der Waals surface area contributed by atoms with Gasteiger partial charge in [-0.05, 0) is 50.5 Å². The molecule has 1 radical (unpaired) electrons. The third-order valence-electron chi connectivity index (χ3n) is 3.58. The van der Waals surface area contributed by atoms with Gasteiger partial charge in [-0.3, -0.25) is 4.79 Å². The van der Waals surface area contributed by atoms with Gasteiger partial charge in [-0.15, -0.1) is 0 Å². The Labute approximate surface area is 163 Å². The van der Waals surface area contributed by atoms with Gasteiger partial charge in [-0.2, -0.15) is 4.57 Å². The van der Waals surface area contributed by atoms with Gasteiger partial charge >= 0.3 is 0 Å². The second-order valence-electron chi connectivity index (χ2n) is 5.96. The van der Waals surface area contributed by atoms with Gasteiger partial charge in [0.1, 0.15) is 0 Å².